The van der Waals surface area contributed by atoms with Crippen molar-refractivity contribution in [2.24, 2.45) is 5.73 Å². The molecule has 0 radical (unpaired) electrons. The Morgan fingerprint density at radius 1 is 1.43 bits per heavy atom. The highest BCUT2D eigenvalue weighted by Gasteiger charge is 2.01. The van der Waals surface area contributed by atoms with E-state index in [9.17, 15) is 9.18 Å². The lowest BCUT2D eigenvalue weighted by molar-refractivity contribution is -0.119. The molecule has 0 saturated heterocycles. The second-order valence-corrected chi connectivity index (χ2v) is 2.90. The van der Waals surface area contributed by atoms with Crippen LogP contribution in [-0.2, 0) is 11.2 Å². The number of hydrogen-bond donors (Lipinski definition) is 2. The van der Waals surface area contributed by atoms with E-state index in [4.69, 9.17) is 5.73 Å². The molecule has 0 atom stereocenters. The molecule has 0 unspecified atom stereocenters. The van der Waals surface area contributed by atoms with Crippen LogP contribution in [0.3, 0.4) is 0 Å². The minimum absolute atomic E-state index is 0.0305. The third-order valence-electron chi connectivity index (χ3n) is 1.86. The molecule has 0 heterocycles. The molecule has 76 valence electrons. The predicted molar refractivity (Wildman–Crippen MR) is 52.2 cm³/mol. The highest BCUT2D eigenvalue weighted by molar-refractivity contribution is 5.77. The van der Waals surface area contributed by atoms with Gasteiger partial charge in [-0.05, 0) is 18.1 Å². The minimum atomic E-state index is -0.241. The molecule has 0 saturated carbocycles. The summed E-state index contributed by atoms with van der Waals surface area (Å²) in [4.78, 5) is 10.8. The van der Waals surface area contributed by atoms with Crippen molar-refractivity contribution in [3.63, 3.8) is 0 Å². The van der Waals surface area contributed by atoms with Crippen molar-refractivity contribution in [2.75, 3.05) is 13.1 Å². The largest absolute Gasteiger partial charge is 0.355 e. The van der Waals surface area contributed by atoms with Gasteiger partial charge in [0.05, 0.1) is 6.54 Å². The number of carbonyl (C=O) groups excluding carboxylic acids is 1. The second kappa shape index (κ2) is 5.34. The molecular formula is C10H13FN2O. The topological polar surface area (TPSA) is 55.1 Å². The van der Waals surface area contributed by atoms with Gasteiger partial charge in [-0.2, -0.15) is 0 Å². The van der Waals surface area contributed by atoms with Crippen LogP contribution < -0.4 is 11.1 Å². The molecule has 3 nitrogen and oxygen atoms in total. The van der Waals surface area contributed by atoms with E-state index in [1.807, 2.05) is 0 Å². The SMILES string of the molecule is NCC(=O)NCCc1ccccc1F. The van der Waals surface area contributed by atoms with Gasteiger partial charge in [-0.25, -0.2) is 4.39 Å². The van der Waals surface area contributed by atoms with Crippen molar-refractivity contribution in [3.8, 4) is 0 Å². The number of nitrogens with one attached hydrogen (secondary N) is 1. The first-order valence-electron chi connectivity index (χ1n) is 4.44. The average molecular weight is 196 g/mol. The molecule has 0 fully saturated rings. The third-order valence-corrected chi connectivity index (χ3v) is 1.86. The lowest BCUT2D eigenvalue weighted by atomic mass is 10.1. The normalized spacial score (nSPS) is 9.86. The summed E-state index contributed by atoms with van der Waals surface area (Å²) < 4.78 is 13.1. The maximum absolute atomic E-state index is 13.1. The maximum Gasteiger partial charge on any atom is 0.233 e. The van der Waals surface area contributed by atoms with Gasteiger partial charge >= 0.3 is 0 Å². The van der Waals surface area contributed by atoms with Crippen molar-refractivity contribution in [1.82, 2.24) is 5.32 Å². The lowest BCUT2D eigenvalue weighted by Crippen LogP contribution is -2.31. The Morgan fingerprint density at radius 2 is 2.14 bits per heavy atom. The molecule has 0 spiro atoms. The average Bonchev–Trinajstić information content (AvgIpc) is 2.20. The summed E-state index contributed by atoms with van der Waals surface area (Å²) in [5.41, 5.74) is 5.70. The lowest BCUT2D eigenvalue weighted by Gasteiger charge is -2.04. The van der Waals surface area contributed by atoms with Crippen LogP contribution in [0, 0.1) is 5.82 Å². The van der Waals surface area contributed by atoms with Gasteiger partial charge in [0.1, 0.15) is 5.82 Å². The summed E-state index contributed by atoms with van der Waals surface area (Å²) in [6.07, 6.45) is 0.485. The molecule has 1 rings (SSSR count). The molecule has 0 aliphatic carbocycles. The number of nitrogens with two attached hydrogens (primary N) is 1. The first-order valence-corrected chi connectivity index (χ1v) is 4.44. The predicted octanol–water partition coefficient (Wildman–Crippen LogP) is 0.443. The van der Waals surface area contributed by atoms with E-state index in [1.54, 1.807) is 18.2 Å². The van der Waals surface area contributed by atoms with Gasteiger partial charge in [-0.1, -0.05) is 18.2 Å². The van der Waals surface area contributed by atoms with Crippen molar-refractivity contribution in [3.05, 3.63) is 35.6 Å². The van der Waals surface area contributed by atoms with E-state index < -0.39 is 0 Å². The van der Waals surface area contributed by atoms with Crippen LogP contribution in [0.2, 0.25) is 0 Å². The molecule has 1 amide bonds. The number of halogens is 1. The van der Waals surface area contributed by atoms with Crippen LogP contribution in [0.15, 0.2) is 24.3 Å². The van der Waals surface area contributed by atoms with Gasteiger partial charge in [0, 0.05) is 6.54 Å². The van der Waals surface area contributed by atoms with Gasteiger partial charge in [0.25, 0.3) is 0 Å². The summed E-state index contributed by atoms with van der Waals surface area (Å²) in [6, 6.07) is 6.50. The summed E-state index contributed by atoms with van der Waals surface area (Å²) in [7, 11) is 0. The van der Waals surface area contributed by atoms with Crippen LogP contribution >= 0.6 is 0 Å². The Labute approximate surface area is 82.1 Å². The smallest absolute Gasteiger partial charge is 0.233 e. The second-order valence-electron chi connectivity index (χ2n) is 2.90. The quantitative estimate of drug-likeness (QED) is 0.734. The molecule has 1 aromatic rings. The highest BCUT2D eigenvalue weighted by Crippen LogP contribution is 2.05. The van der Waals surface area contributed by atoms with Crippen LogP contribution in [0.1, 0.15) is 5.56 Å². The Kier molecular flexibility index (Phi) is 4.07. The number of amides is 1. The molecule has 0 aromatic heterocycles. The minimum Gasteiger partial charge on any atom is -0.355 e. The molecule has 14 heavy (non-hydrogen) atoms. The summed E-state index contributed by atoms with van der Waals surface area (Å²) in [6.45, 7) is 0.383. The molecule has 0 aliphatic heterocycles. The van der Waals surface area contributed by atoms with Crippen molar-refractivity contribution in [2.45, 2.75) is 6.42 Å². The molecule has 0 aliphatic rings. The molecule has 4 heteroatoms. The third kappa shape index (κ3) is 3.14. The van der Waals surface area contributed by atoms with E-state index in [0.717, 1.165) is 0 Å². The number of carbonyl (C=O) groups is 1. The monoisotopic (exact) mass is 196 g/mol. The van der Waals surface area contributed by atoms with Gasteiger partial charge < -0.3 is 11.1 Å². The van der Waals surface area contributed by atoms with Crippen molar-refractivity contribution in [1.29, 1.82) is 0 Å². The van der Waals surface area contributed by atoms with E-state index in [1.165, 1.54) is 6.07 Å². The summed E-state index contributed by atoms with van der Waals surface area (Å²) in [5, 5.41) is 2.58. The number of hydrogen-bond acceptors (Lipinski definition) is 2. The van der Waals surface area contributed by atoms with Crippen molar-refractivity contribution < 1.29 is 9.18 Å². The maximum atomic E-state index is 13.1. The molecule has 3 N–H and O–H groups in total. The van der Waals surface area contributed by atoms with Gasteiger partial charge in [0.2, 0.25) is 5.91 Å². The van der Waals surface area contributed by atoms with Crippen LogP contribution in [0.4, 0.5) is 4.39 Å². The van der Waals surface area contributed by atoms with E-state index in [0.29, 0.717) is 18.5 Å². The van der Waals surface area contributed by atoms with Crippen LogP contribution in [-0.4, -0.2) is 19.0 Å². The molecule has 0 bridgehead atoms. The summed E-state index contributed by atoms with van der Waals surface area (Å²) in [5.74, 6) is -0.462. The van der Waals surface area contributed by atoms with Gasteiger partial charge in [0.15, 0.2) is 0 Å². The fraction of sp³-hybridized carbons (Fsp3) is 0.300. The zero-order valence-corrected chi connectivity index (χ0v) is 7.79. The summed E-state index contributed by atoms with van der Waals surface area (Å²) >= 11 is 0. The number of benzene rings is 1. The van der Waals surface area contributed by atoms with Crippen LogP contribution in [0.5, 0.6) is 0 Å². The molecular weight excluding hydrogens is 183 g/mol. The van der Waals surface area contributed by atoms with E-state index in [2.05, 4.69) is 5.32 Å². The molecule has 1 aromatic carbocycles. The standard InChI is InChI=1S/C10H13FN2O/c11-9-4-2-1-3-8(9)5-6-13-10(14)7-12/h1-4H,5-7,12H2,(H,13,14). The number of rotatable bonds is 4. The Bertz CT molecular complexity index is 315. The Morgan fingerprint density at radius 3 is 2.79 bits per heavy atom. The van der Waals surface area contributed by atoms with Gasteiger partial charge in [-0.15, -0.1) is 0 Å². The van der Waals surface area contributed by atoms with Crippen LogP contribution in [0.25, 0.3) is 0 Å². The van der Waals surface area contributed by atoms with Crippen molar-refractivity contribution >= 4 is 5.91 Å². The zero-order valence-electron chi connectivity index (χ0n) is 7.79. The van der Waals surface area contributed by atoms with Gasteiger partial charge in [-0.3, -0.25) is 4.79 Å². The Balaban J connectivity index is 2.39. The first kappa shape index (κ1) is 10.7. The fourth-order valence-electron chi connectivity index (χ4n) is 1.11. The van der Waals surface area contributed by atoms with E-state index >= 15 is 0 Å². The highest BCUT2D eigenvalue weighted by atomic mass is 19.1. The first-order chi connectivity index (χ1) is 6.74. The fourth-order valence-corrected chi connectivity index (χ4v) is 1.11. The Hall–Kier alpha value is -1.42. The zero-order chi connectivity index (χ0) is 10.4. The van der Waals surface area contributed by atoms with E-state index in [-0.39, 0.29) is 18.3 Å².